The number of hydrogen-bond acceptors (Lipinski definition) is 6. The minimum absolute atomic E-state index is 0.0299. The molecule has 0 aliphatic carbocycles. The fraction of sp³-hybridized carbons (Fsp3) is 0.562. The van der Waals surface area contributed by atoms with Gasteiger partial charge in [-0.15, -0.1) is 0 Å². The van der Waals surface area contributed by atoms with E-state index < -0.39 is 33.9 Å². The van der Waals surface area contributed by atoms with E-state index >= 15 is 0 Å². The molecule has 0 spiro atoms. The van der Waals surface area contributed by atoms with E-state index in [0.717, 1.165) is 12.3 Å². The van der Waals surface area contributed by atoms with Crippen molar-refractivity contribution in [2.45, 2.75) is 25.4 Å². The lowest BCUT2D eigenvalue weighted by atomic mass is 9.98. The first-order valence-corrected chi connectivity index (χ1v) is 10.0. The summed E-state index contributed by atoms with van der Waals surface area (Å²) in [6.07, 6.45) is -4.13. The number of benzene rings is 1. The van der Waals surface area contributed by atoms with Gasteiger partial charge in [-0.3, -0.25) is 13.9 Å². The van der Waals surface area contributed by atoms with Crippen molar-refractivity contribution in [2.75, 3.05) is 32.6 Å². The Labute approximate surface area is 154 Å². The predicted molar refractivity (Wildman–Crippen MR) is 88.4 cm³/mol. The Morgan fingerprint density at radius 3 is 2.78 bits per heavy atom. The summed E-state index contributed by atoms with van der Waals surface area (Å²) in [5.41, 5.74) is -0.427. The van der Waals surface area contributed by atoms with Gasteiger partial charge in [-0.05, 0) is 23.3 Å². The number of carbonyl (C=O) groups is 1. The zero-order chi connectivity index (χ0) is 19.8. The third-order valence-corrected chi connectivity index (χ3v) is 4.95. The largest absolute Gasteiger partial charge is 0.416 e. The number of halogens is 3. The summed E-state index contributed by atoms with van der Waals surface area (Å²) >= 11 is 0. The molecule has 1 aromatic carbocycles. The Balaban J connectivity index is 1.75. The van der Waals surface area contributed by atoms with E-state index in [1.165, 1.54) is 6.07 Å². The standard InChI is InChI=1S/C16H19F3N2O5S/c1-27(23,24)26-9-11-8-21(2-3-25-11)7-10-4-12-13(6-20-15(12)22)14(5-10)16(17,18)19/h4-5,11H,2-3,6-9H2,1H3,(H,20,22)/t11-/m0/s1. The highest BCUT2D eigenvalue weighted by Crippen LogP contribution is 2.36. The number of amides is 1. The number of alkyl halides is 3. The summed E-state index contributed by atoms with van der Waals surface area (Å²) in [4.78, 5) is 13.7. The van der Waals surface area contributed by atoms with Crippen molar-refractivity contribution in [3.8, 4) is 0 Å². The fourth-order valence-electron chi connectivity index (χ4n) is 3.22. The number of ether oxygens (including phenoxy) is 1. The first-order valence-electron chi connectivity index (χ1n) is 8.22. The summed E-state index contributed by atoms with van der Waals surface area (Å²) in [7, 11) is -3.60. The van der Waals surface area contributed by atoms with Crippen LogP contribution in [-0.2, 0) is 38.3 Å². The van der Waals surface area contributed by atoms with E-state index in [1.54, 1.807) is 0 Å². The van der Waals surface area contributed by atoms with E-state index in [-0.39, 0.29) is 30.8 Å². The van der Waals surface area contributed by atoms with Gasteiger partial charge < -0.3 is 10.1 Å². The first kappa shape index (κ1) is 20.1. The second kappa shape index (κ2) is 7.38. The van der Waals surface area contributed by atoms with Crippen molar-refractivity contribution in [2.24, 2.45) is 0 Å². The zero-order valence-electron chi connectivity index (χ0n) is 14.5. The highest BCUT2D eigenvalue weighted by molar-refractivity contribution is 7.85. The molecule has 0 unspecified atom stereocenters. The van der Waals surface area contributed by atoms with Crippen LogP contribution in [0.25, 0.3) is 0 Å². The minimum Gasteiger partial charge on any atom is -0.373 e. The summed E-state index contributed by atoms with van der Waals surface area (Å²) in [5, 5.41) is 2.42. The molecule has 0 radical (unpaired) electrons. The van der Waals surface area contributed by atoms with Crippen molar-refractivity contribution in [1.82, 2.24) is 10.2 Å². The van der Waals surface area contributed by atoms with Crippen molar-refractivity contribution in [3.05, 3.63) is 34.4 Å². The topological polar surface area (TPSA) is 84.9 Å². The fourth-order valence-corrected chi connectivity index (χ4v) is 3.61. The molecule has 1 amide bonds. The van der Waals surface area contributed by atoms with Crippen LogP contribution in [0.2, 0.25) is 0 Å². The monoisotopic (exact) mass is 408 g/mol. The van der Waals surface area contributed by atoms with Crippen molar-refractivity contribution in [1.29, 1.82) is 0 Å². The summed E-state index contributed by atoms with van der Waals surface area (Å²) < 4.78 is 72.4. The minimum atomic E-state index is -4.55. The second-order valence-electron chi connectivity index (χ2n) is 6.57. The van der Waals surface area contributed by atoms with Crippen LogP contribution in [0.5, 0.6) is 0 Å². The van der Waals surface area contributed by atoms with Crippen LogP contribution in [0.3, 0.4) is 0 Å². The number of hydrogen-bond donors (Lipinski definition) is 1. The van der Waals surface area contributed by atoms with Crippen LogP contribution < -0.4 is 5.32 Å². The molecule has 1 saturated heterocycles. The van der Waals surface area contributed by atoms with E-state index in [0.29, 0.717) is 25.3 Å². The summed E-state index contributed by atoms with van der Waals surface area (Å²) in [6.45, 7) is 0.972. The highest BCUT2D eigenvalue weighted by Gasteiger charge is 2.38. The molecular weight excluding hydrogens is 389 g/mol. The molecule has 0 bridgehead atoms. The van der Waals surface area contributed by atoms with E-state index in [4.69, 9.17) is 8.92 Å². The molecule has 2 aliphatic rings. The lowest BCUT2D eigenvalue weighted by Crippen LogP contribution is -2.44. The van der Waals surface area contributed by atoms with Gasteiger partial charge in [0.2, 0.25) is 0 Å². The first-order chi connectivity index (χ1) is 12.5. The van der Waals surface area contributed by atoms with Crippen LogP contribution in [0.15, 0.2) is 12.1 Å². The van der Waals surface area contributed by atoms with Crippen LogP contribution in [0.4, 0.5) is 13.2 Å². The lowest BCUT2D eigenvalue weighted by Gasteiger charge is -2.32. The number of morpholine rings is 1. The van der Waals surface area contributed by atoms with Gasteiger partial charge in [-0.2, -0.15) is 21.6 Å². The predicted octanol–water partition coefficient (Wildman–Crippen LogP) is 1.13. The van der Waals surface area contributed by atoms with Crippen molar-refractivity contribution < 1.29 is 35.3 Å². The van der Waals surface area contributed by atoms with Crippen LogP contribution in [0.1, 0.15) is 27.0 Å². The van der Waals surface area contributed by atoms with Crippen molar-refractivity contribution >= 4 is 16.0 Å². The molecule has 150 valence electrons. The number of carbonyl (C=O) groups excluding carboxylic acids is 1. The Hall–Kier alpha value is -1.69. The lowest BCUT2D eigenvalue weighted by molar-refractivity contribution is -0.138. The smallest absolute Gasteiger partial charge is 0.373 e. The molecule has 11 heteroatoms. The van der Waals surface area contributed by atoms with Gasteiger partial charge in [0, 0.05) is 31.7 Å². The molecule has 1 aromatic rings. The number of rotatable bonds is 5. The van der Waals surface area contributed by atoms with Gasteiger partial charge >= 0.3 is 6.18 Å². The van der Waals surface area contributed by atoms with Gasteiger partial charge in [0.25, 0.3) is 16.0 Å². The summed E-state index contributed by atoms with van der Waals surface area (Å²) in [5.74, 6) is -0.515. The van der Waals surface area contributed by atoms with Gasteiger partial charge in [-0.25, -0.2) is 0 Å². The van der Waals surface area contributed by atoms with E-state index in [9.17, 15) is 26.4 Å². The highest BCUT2D eigenvalue weighted by atomic mass is 32.2. The van der Waals surface area contributed by atoms with Crippen LogP contribution >= 0.6 is 0 Å². The summed E-state index contributed by atoms with van der Waals surface area (Å²) in [6, 6.07) is 2.54. The molecule has 27 heavy (non-hydrogen) atoms. The maximum Gasteiger partial charge on any atom is 0.416 e. The average molecular weight is 408 g/mol. The van der Waals surface area contributed by atoms with Crippen molar-refractivity contribution in [3.63, 3.8) is 0 Å². The quantitative estimate of drug-likeness (QED) is 0.736. The molecule has 7 nitrogen and oxygen atoms in total. The van der Waals surface area contributed by atoms with Gasteiger partial charge in [0.1, 0.15) is 0 Å². The SMILES string of the molecule is CS(=O)(=O)OC[C@@H]1CN(Cc2cc3c(c(C(F)(F)F)c2)CNC3=O)CCO1. The molecular formula is C16H19F3N2O5S. The second-order valence-corrected chi connectivity index (χ2v) is 8.21. The number of nitrogens with zero attached hydrogens (tertiary/aromatic N) is 1. The Morgan fingerprint density at radius 1 is 1.37 bits per heavy atom. The van der Waals surface area contributed by atoms with Crippen LogP contribution in [0, 0.1) is 0 Å². The molecule has 1 N–H and O–H groups in total. The van der Waals surface area contributed by atoms with Gasteiger partial charge in [0.05, 0.1) is 31.1 Å². The number of nitrogens with one attached hydrogen (secondary N) is 1. The number of fused-ring (bicyclic) bond motifs is 1. The van der Waals surface area contributed by atoms with E-state index in [1.807, 2.05) is 4.90 Å². The molecule has 2 heterocycles. The maximum absolute atomic E-state index is 13.4. The van der Waals surface area contributed by atoms with E-state index in [2.05, 4.69) is 5.32 Å². The normalized spacial score (nSPS) is 21.2. The third-order valence-electron chi connectivity index (χ3n) is 4.38. The molecule has 1 atom stereocenters. The van der Waals surface area contributed by atoms with Gasteiger partial charge in [0.15, 0.2) is 0 Å². The molecule has 3 rings (SSSR count). The zero-order valence-corrected chi connectivity index (χ0v) is 15.3. The van der Waals surface area contributed by atoms with Crippen LogP contribution in [-0.4, -0.2) is 57.9 Å². The molecule has 0 saturated carbocycles. The third kappa shape index (κ3) is 4.98. The molecule has 0 aromatic heterocycles. The Bertz CT molecular complexity index is 841. The molecule has 1 fully saturated rings. The maximum atomic E-state index is 13.4. The molecule has 2 aliphatic heterocycles. The Morgan fingerprint density at radius 2 is 2.11 bits per heavy atom. The average Bonchev–Trinajstić information content (AvgIpc) is 2.92. The Kier molecular flexibility index (Phi) is 5.48. The van der Waals surface area contributed by atoms with Gasteiger partial charge in [-0.1, -0.05) is 0 Å².